The summed E-state index contributed by atoms with van der Waals surface area (Å²) in [7, 11) is 0. The molecule has 3 rings (SSSR count). The first kappa shape index (κ1) is 17.0. The molecule has 0 spiro atoms. The van der Waals surface area contributed by atoms with E-state index in [0.29, 0.717) is 18.7 Å². The highest BCUT2D eigenvalue weighted by Crippen LogP contribution is 2.20. The minimum atomic E-state index is -0.424. The Hall–Kier alpha value is -2.83. The maximum Gasteiger partial charge on any atom is 0.318 e. The van der Waals surface area contributed by atoms with Crippen molar-refractivity contribution in [3.8, 4) is 5.69 Å². The molecule has 25 heavy (non-hydrogen) atoms. The van der Waals surface area contributed by atoms with Crippen molar-refractivity contribution in [2.45, 2.75) is 38.8 Å². The lowest BCUT2D eigenvalue weighted by Gasteiger charge is -2.25. The molecule has 0 unspecified atom stereocenters. The smallest absolute Gasteiger partial charge is 0.318 e. The number of nitrogens with zero attached hydrogens (tertiary/aromatic N) is 3. The zero-order valence-corrected chi connectivity index (χ0v) is 14.5. The van der Waals surface area contributed by atoms with Crippen LogP contribution in [0.5, 0.6) is 0 Å². The fourth-order valence-corrected chi connectivity index (χ4v) is 2.97. The summed E-state index contributed by atoms with van der Waals surface area (Å²) in [5, 5.41) is 5.76. The van der Waals surface area contributed by atoms with Crippen LogP contribution in [0.2, 0.25) is 0 Å². The van der Waals surface area contributed by atoms with Crippen LogP contribution in [0.3, 0.4) is 0 Å². The number of imidazole rings is 1. The summed E-state index contributed by atoms with van der Waals surface area (Å²) in [5.41, 5.74) is 1.68. The summed E-state index contributed by atoms with van der Waals surface area (Å²) in [6.45, 7) is 4.42. The van der Waals surface area contributed by atoms with Gasteiger partial charge in [0.1, 0.15) is 6.04 Å². The van der Waals surface area contributed by atoms with Gasteiger partial charge in [-0.15, -0.1) is 0 Å². The summed E-state index contributed by atoms with van der Waals surface area (Å²) in [6.07, 6.45) is 6.81. The van der Waals surface area contributed by atoms with E-state index in [1.165, 1.54) is 0 Å². The van der Waals surface area contributed by atoms with Gasteiger partial charge in [-0.05, 0) is 51.0 Å². The molecule has 0 saturated carbocycles. The molecule has 132 valence electrons. The van der Waals surface area contributed by atoms with Crippen molar-refractivity contribution in [2.75, 3.05) is 11.9 Å². The van der Waals surface area contributed by atoms with E-state index >= 15 is 0 Å². The van der Waals surface area contributed by atoms with E-state index in [2.05, 4.69) is 15.6 Å². The normalized spacial score (nSPS) is 16.9. The number of nitrogens with one attached hydrogen (secondary N) is 2. The van der Waals surface area contributed by atoms with Gasteiger partial charge < -0.3 is 20.1 Å². The fourth-order valence-electron chi connectivity index (χ4n) is 2.97. The molecular formula is C18H23N5O2. The van der Waals surface area contributed by atoms with Crippen molar-refractivity contribution in [3.63, 3.8) is 0 Å². The number of aromatic nitrogens is 2. The Kier molecular flexibility index (Phi) is 5.02. The average molecular weight is 341 g/mol. The number of anilines is 1. The van der Waals surface area contributed by atoms with Crippen LogP contribution in [0, 0.1) is 0 Å². The molecule has 0 aliphatic carbocycles. The topological polar surface area (TPSA) is 79.3 Å². The van der Waals surface area contributed by atoms with Gasteiger partial charge in [-0.1, -0.05) is 0 Å². The third-order valence-electron chi connectivity index (χ3n) is 4.17. The third kappa shape index (κ3) is 3.99. The molecule has 7 nitrogen and oxygen atoms in total. The molecule has 1 aliphatic rings. The Morgan fingerprint density at radius 3 is 2.64 bits per heavy atom. The Balaban J connectivity index is 1.64. The first-order chi connectivity index (χ1) is 12.0. The van der Waals surface area contributed by atoms with Gasteiger partial charge in [0.05, 0.1) is 6.33 Å². The van der Waals surface area contributed by atoms with Gasteiger partial charge in [-0.3, -0.25) is 4.79 Å². The molecule has 0 radical (unpaired) electrons. The van der Waals surface area contributed by atoms with Gasteiger partial charge in [0.25, 0.3) is 0 Å². The molecule has 1 saturated heterocycles. The summed E-state index contributed by atoms with van der Waals surface area (Å²) in [6, 6.07) is 6.97. The third-order valence-corrected chi connectivity index (χ3v) is 4.17. The van der Waals surface area contributed by atoms with Gasteiger partial charge in [0.15, 0.2) is 0 Å². The monoisotopic (exact) mass is 341 g/mol. The van der Waals surface area contributed by atoms with Crippen molar-refractivity contribution in [3.05, 3.63) is 43.0 Å². The lowest BCUT2D eigenvalue weighted by molar-refractivity contribution is -0.119. The SMILES string of the molecule is CC(C)NC(=O)N1CCC[C@H]1C(=O)Nc1ccc(-n2ccnc2)cc1. The highest BCUT2D eigenvalue weighted by atomic mass is 16.2. The predicted octanol–water partition coefficient (Wildman–Crippen LogP) is 2.39. The lowest BCUT2D eigenvalue weighted by Crippen LogP contribution is -2.49. The Bertz CT molecular complexity index is 724. The average Bonchev–Trinajstić information content (AvgIpc) is 3.26. The fraction of sp³-hybridized carbons (Fsp3) is 0.389. The highest BCUT2D eigenvalue weighted by Gasteiger charge is 2.34. The van der Waals surface area contributed by atoms with Gasteiger partial charge in [0.2, 0.25) is 5.91 Å². The number of urea groups is 1. The molecule has 0 bridgehead atoms. The molecule has 1 aromatic heterocycles. The molecule has 1 aliphatic heterocycles. The molecule has 1 aromatic carbocycles. The number of carbonyl (C=O) groups excluding carboxylic acids is 2. The van der Waals surface area contributed by atoms with Crippen LogP contribution in [-0.2, 0) is 4.79 Å². The zero-order valence-electron chi connectivity index (χ0n) is 14.5. The van der Waals surface area contributed by atoms with Crippen LogP contribution in [0.4, 0.5) is 10.5 Å². The minimum Gasteiger partial charge on any atom is -0.336 e. The first-order valence-electron chi connectivity index (χ1n) is 8.51. The molecular weight excluding hydrogens is 318 g/mol. The van der Waals surface area contributed by atoms with Gasteiger partial charge in [0, 0.05) is 36.4 Å². The minimum absolute atomic E-state index is 0.0486. The highest BCUT2D eigenvalue weighted by molar-refractivity contribution is 5.97. The number of hydrogen-bond acceptors (Lipinski definition) is 3. The van der Waals surface area contributed by atoms with E-state index in [1.807, 2.05) is 48.9 Å². The van der Waals surface area contributed by atoms with E-state index in [-0.39, 0.29) is 18.0 Å². The molecule has 2 aromatic rings. The number of benzene rings is 1. The molecule has 1 atom stereocenters. The van der Waals surface area contributed by atoms with Gasteiger partial charge >= 0.3 is 6.03 Å². The Labute approximate surface area is 147 Å². The van der Waals surface area contributed by atoms with E-state index < -0.39 is 6.04 Å². The quantitative estimate of drug-likeness (QED) is 0.896. The molecule has 7 heteroatoms. The first-order valence-corrected chi connectivity index (χ1v) is 8.51. The summed E-state index contributed by atoms with van der Waals surface area (Å²) < 4.78 is 1.89. The maximum atomic E-state index is 12.6. The number of rotatable bonds is 4. The number of likely N-dealkylation sites (tertiary alicyclic amines) is 1. The van der Waals surface area contributed by atoms with E-state index in [1.54, 1.807) is 17.4 Å². The standard InChI is InChI=1S/C18H23N5O2/c1-13(2)20-18(25)23-10-3-4-16(23)17(24)21-14-5-7-15(8-6-14)22-11-9-19-12-22/h5-9,11-13,16H,3-4,10H2,1-2H3,(H,20,25)(H,21,24)/t16-/m0/s1. The Morgan fingerprint density at radius 2 is 2.00 bits per heavy atom. The van der Waals surface area contributed by atoms with Crippen LogP contribution in [0.15, 0.2) is 43.0 Å². The summed E-state index contributed by atoms with van der Waals surface area (Å²) in [4.78, 5) is 30.4. The number of carbonyl (C=O) groups is 2. The van der Waals surface area contributed by atoms with Crippen LogP contribution < -0.4 is 10.6 Å². The zero-order chi connectivity index (χ0) is 17.8. The molecule has 3 amide bonds. The second-order valence-corrected chi connectivity index (χ2v) is 6.46. The summed E-state index contributed by atoms with van der Waals surface area (Å²) in [5.74, 6) is -0.146. The number of hydrogen-bond donors (Lipinski definition) is 2. The largest absolute Gasteiger partial charge is 0.336 e. The van der Waals surface area contributed by atoms with Gasteiger partial charge in [-0.25, -0.2) is 9.78 Å². The van der Waals surface area contributed by atoms with Crippen LogP contribution in [0.25, 0.3) is 5.69 Å². The van der Waals surface area contributed by atoms with Crippen molar-refractivity contribution in [1.82, 2.24) is 19.8 Å². The maximum absolute atomic E-state index is 12.6. The van der Waals surface area contributed by atoms with E-state index in [9.17, 15) is 9.59 Å². The molecule has 1 fully saturated rings. The van der Waals surface area contributed by atoms with E-state index in [0.717, 1.165) is 12.1 Å². The molecule has 2 N–H and O–H groups in total. The second-order valence-electron chi connectivity index (χ2n) is 6.46. The van der Waals surface area contributed by atoms with E-state index in [4.69, 9.17) is 0 Å². The number of amides is 3. The predicted molar refractivity (Wildman–Crippen MR) is 95.6 cm³/mol. The van der Waals surface area contributed by atoms with Gasteiger partial charge in [-0.2, -0.15) is 0 Å². The van der Waals surface area contributed by atoms with Crippen LogP contribution >= 0.6 is 0 Å². The van der Waals surface area contributed by atoms with Crippen molar-refractivity contribution >= 4 is 17.6 Å². The van der Waals surface area contributed by atoms with Crippen molar-refractivity contribution < 1.29 is 9.59 Å². The van der Waals surface area contributed by atoms with Crippen LogP contribution in [-0.4, -0.2) is 45.0 Å². The van der Waals surface area contributed by atoms with Crippen LogP contribution in [0.1, 0.15) is 26.7 Å². The Morgan fingerprint density at radius 1 is 1.24 bits per heavy atom. The lowest BCUT2D eigenvalue weighted by atomic mass is 10.2. The summed E-state index contributed by atoms with van der Waals surface area (Å²) >= 11 is 0. The molecule has 2 heterocycles. The van der Waals surface area contributed by atoms with Crippen molar-refractivity contribution in [1.29, 1.82) is 0 Å². The second kappa shape index (κ2) is 7.38. The van der Waals surface area contributed by atoms with Crippen molar-refractivity contribution in [2.24, 2.45) is 0 Å².